The van der Waals surface area contributed by atoms with Gasteiger partial charge in [0.25, 0.3) is 11.2 Å². The molecule has 0 aliphatic rings. The molecular weight excluding hydrogens is 226 g/mol. The van der Waals surface area contributed by atoms with Gasteiger partial charge in [-0.05, 0) is 6.07 Å². The topological polar surface area (TPSA) is 109 Å². The molecule has 7 nitrogen and oxygen atoms in total. The van der Waals surface area contributed by atoms with Crippen LogP contribution in [0.15, 0.2) is 39.9 Å². The fourth-order valence-corrected chi connectivity index (χ4v) is 1.47. The highest BCUT2D eigenvalue weighted by Crippen LogP contribution is 2.26. The Labute approximate surface area is 93.9 Å². The number of aromatic nitrogens is 2. The van der Waals surface area contributed by atoms with Gasteiger partial charge in [-0.25, -0.2) is 4.79 Å². The molecule has 1 heterocycles. The molecule has 86 valence electrons. The number of para-hydroxylation sites is 1. The zero-order chi connectivity index (χ0) is 12.4. The van der Waals surface area contributed by atoms with Crippen molar-refractivity contribution in [1.82, 2.24) is 9.97 Å². The van der Waals surface area contributed by atoms with Crippen LogP contribution in [0.25, 0.3) is 11.3 Å². The second kappa shape index (κ2) is 4.05. The third-order valence-electron chi connectivity index (χ3n) is 2.15. The van der Waals surface area contributed by atoms with Crippen molar-refractivity contribution >= 4 is 5.69 Å². The maximum Gasteiger partial charge on any atom is 0.326 e. The van der Waals surface area contributed by atoms with Crippen LogP contribution in [-0.2, 0) is 0 Å². The molecule has 2 aromatic rings. The Morgan fingerprint density at radius 1 is 1.12 bits per heavy atom. The predicted octanol–water partition coefficient (Wildman–Crippen LogP) is 0.638. The number of rotatable bonds is 2. The molecule has 0 saturated heterocycles. The van der Waals surface area contributed by atoms with Crippen LogP contribution in [0.1, 0.15) is 0 Å². The zero-order valence-electron chi connectivity index (χ0n) is 8.47. The number of benzene rings is 1. The van der Waals surface area contributed by atoms with Gasteiger partial charge >= 0.3 is 5.69 Å². The number of nitrogens with zero attached hydrogens (tertiary/aromatic N) is 1. The molecule has 7 heteroatoms. The van der Waals surface area contributed by atoms with E-state index in [2.05, 4.69) is 4.98 Å². The summed E-state index contributed by atoms with van der Waals surface area (Å²) in [6, 6.07) is 6.95. The summed E-state index contributed by atoms with van der Waals surface area (Å²) < 4.78 is 0. The van der Waals surface area contributed by atoms with E-state index in [9.17, 15) is 19.7 Å². The lowest BCUT2D eigenvalue weighted by molar-refractivity contribution is -0.384. The normalized spacial score (nSPS) is 10.1. The van der Waals surface area contributed by atoms with Crippen molar-refractivity contribution < 1.29 is 4.92 Å². The number of hydrogen-bond acceptors (Lipinski definition) is 4. The van der Waals surface area contributed by atoms with Gasteiger partial charge in [0.15, 0.2) is 0 Å². The van der Waals surface area contributed by atoms with Crippen molar-refractivity contribution in [2.45, 2.75) is 0 Å². The van der Waals surface area contributed by atoms with E-state index >= 15 is 0 Å². The smallest absolute Gasteiger partial charge is 0.307 e. The molecule has 0 aliphatic heterocycles. The number of nitro benzene ring substituents is 1. The average Bonchev–Trinajstić information content (AvgIpc) is 2.27. The van der Waals surface area contributed by atoms with Crippen LogP contribution in [0, 0.1) is 10.1 Å². The standard InChI is InChI=1S/C10H7N3O4/c14-9-5-7(11-10(15)12-9)6-3-1-2-4-8(6)13(16)17/h1-5H,(H2,11,12,14,15). The van der Waals surface area contributed by atoms with Crippen LogP contribution in [0.5, 0.6) is 0 Å². The van der Waals surface area contributed by atoms with E-state index in [-0.39, 0.29) is 16.9 Å². The molecule has 0 amide bonds. The third-order valence-corrected chi connectivity index (χ3v) is 2.15. The van der Waals surface area contributed by atoms with Gasteiger partial charge in [-0.2, -0.15) is 0 Å². The van der Waals surface area contributed by atoms with E-state index < -0.39 is 16.2 Å². The van der Waals surface area contributed by atoms with Crippen molar-refractivity contribution in [3.05, 3.63) is 61.3 Å². The van der Waals surface area contributed by atoms with Gasteiger partial charge in [-0.3, -0.25) is 19.9 Å². The second-order valence-electron chi connectivity index (χ2n) is 3.28. The lowest BCUT2D eigenvalue weighted by atomic mass is 10.1. The molecular formula is C10H7N3O4. The first-order chi connectivity index (χ1) is 8.08. The summed E-state index contributed by atoms with van der Waals surface area (Å²) in [5.74, 6) is 0. The molecule has 0 bridgehead atoms. The minimum atomic E-state index is -0.703. The first-order valence-corrected chi connectivity index (χ1v) is 4.65. The highest BCUT2D eigenvalue weighted by Gasteiger charge is 2.14. The molecule has 0 aliphatic carbocycles. The minimum absolute atomic E-state index is 0.117. The molecule has 17 heavy (non-hydrogen) atoms. The summed E-state index contributed by atoms with van der Waals surface area (Å²) in [6.07, 6.45) is 0. The fraction of sp³-hybridized carbons (Fsp3) is 0. The van der Waals surface area contributed by atoms with E-state index in [1.807, 2.05) is 4.98 Å². The zero-order valence-corrected chi connectivity index (χ0v) is 8.47. The Hall–Kier alpha value is -2.70. The van der Waals surface area contributed by atoms with E-state index in [0.29, 0.717) is 0 Å². The number of H-pyrrole nitrogens is 2. The van der Waals surface area contributed by atoms with Gasteiger partial charge in [-0.1, -0.05) is 12.1 Å². The van der Waals surface area contributed by atoms with E-state index in [4.69, 9.17) is 0 Å². The molecule has 0 unspecified atom stereocenters. The SMILES string of the molecule is O=c1cc(-c2ccccc2[N+](=O)[O-])[nH]c(=O)[nH]1. The van der Waals surface area contributed by atoms with E-state index in [0.717, 1.165) is 6.07 Å². The van der Waals surface area contributed by atoms with Gasteiger partial charge in [0.05, 0.1) is 16.2 Å². The molecule has 0 saturated carbocycles. The van der Waals surface area contributed by atoms with Gasteiger partial charge in [0.2, 0.25) is 0 Å². The van der Waals surface area contributed by atoms with Crippen LogP contribution in [0.2, 0.25) is 0 Å². The summed E-state index contributed by atoms with van der Waals surface area (Å²) in [7, 11) is 0. The van der Waals surface area contributed by atoms with Gasteiger partial charge < -0.3 is 4.98 Å². The highest BCUT2D eigenvalue weighted by atomic mass is 16.6. The van der Waals surface area contributed by atoms with Crippen molar-refractivity contribution in [3.63, 3.8) is 0 Å². The van der Waals surface area contributed by atoms with E-state index in [1.165, 1.54) is 18.2 Å². The fourth-order valence-electron chi connectivity index (χ4n) is 1.47. The van der Waals surface area contributed by atoms with Crippen LogP contribution >= 0.6 is 0 Å². The Balaban J connectivity index is 2.72. The summed E-state index contributed by atoms with van der Waals surface area (Å²) >= 11 is 0. The highest BCUT2D eigenvalue weighted by molar-refractivity contribution is 5.69. The van der Waals surface area contributed by atoms with Crippen molar-refractivity contribution in [1.29, 1.82) is 0 Å². The third kappa shape index (κ3) is 2.12. The maximum atomic E-state index is 11.1. The first-order valence-electron chi connectivity index (χ1n) is 4.65. The quantitative estimate of drug-likeness (QED) is 0.585. The lowest BCUT2D eigenvalue weighted by Crippen LogP contribution is -2.21. The summed E-state index contributed by atoms with van der Waals surface area (Å²) in [5, 5.41) is 10.8. The van der Waals surface area contributed by atoms with Gasteiger partial charge in [-0.15, -0.1) is 0 Å². The number of aromatic amines is 2. The Morgan fingerprint density at radius 3 is 2.47 bits per heavy atom. The molecule has 1 aromatic heterocycles. The second-order valence-corrected chi connectivity index (χ2v) is 3.28. The molecule has 0 radical (unpaired) electrons. The molecule has 1 aromatic carbocycles. The average molecular weight is 233 g/mol. The van der Waals surface area contributed by atoms with Crippen LogP contribution in [0.3, 0.4) is 0 Å². The summed E-state index contributed by atoms with van der Waals surface area (Å²) in [5.41, 5.74) is -1.17. The van der Waals surface area contributed by atoms with Crippen molar-refractivity contribution in [2.24, 2.45) is 0 Å². The van der Waals surface area contributed by atoms with Gasteiger partial charge in [0.1, 0.15) is 0 Å². The molecule has 0 fully saturated rings. The molecule has 0 spiro atoms. The van der Waals surface area contributed by atoms with E-state index in [1.54, 1.807) is 6.07 Å². The number of hydrogen-bond donors (Lipinski definition) is 2. The molecule has 2 rings (SSSR count). The Morgan fingerprint density at radius 2 is 1.82 bits per heavy atom. The maximum absolute atomic E-state index is 11.1. The van der Waals surface area contributed by atoms with Crippen molar-refractivity contribution in [3.8, 4) is 11.3 Å². The lowest BCUT2D eigenvalue weighted by Gasteiger charge is -2.01. The monoisotopic (exact) mass is 233 g/mol. The Kier molecular flexibility index (Phi) is 2.57. The van der Waals surface area contributed by atoms with Crippen LogP contribution < -0.4 is 11.2 Å². The first kappa shape index (κ1) is 10.8. The van der Waals surface area contributed by atoms with Crippen LogP contribution in [-0.4, -0.2) is 14.9 Å². The largest absolute Gasteiger partial charge is 0.326 e. The summed E-state index contributed by atoms with van der Waals surface area (Å²) in [4.78, 5) is 36.8. The summed E-state index contributed by atoms with van der Waals surface area (Å²) in [6.45, 7) is 0. The molecule has 0 atom stereocenters. The van der Waals surface area contributed by atoms with Crippen molar-refractivity contribution in [2.75, 3.05) is 0 Å². The Bertz CT molecular complexity index is 658. The van der Waals surface area contributed by atoms with Gasteiger partial charge in [0, 0.05) is 12.1 Å². The number of nitro groups is 1. The number of nitrogens with one attached hydrogen (secondary N) is 2. The minimum Gasteiger partial charge on any atom is -0.307 e. The predicted molar refractivity (Wildman–Crippen MR) is 59.8 cm³/mol. The molecule has 2 N–H and O–H groups in total. The van der Waals surface area contributed by atoms with Crippen LogP contribution in [0.4, 0.5) is 5.69 Å².